The highest BCUT2D eigenvalue weighted by Gasteiger charge is 2.23. The first-order valence-corrected chi connectivity index (χ1v) is 5.61. The Balaban J connectivity index is 1.47. The molecule has 5 nitrogen and oxygen atoms in total. The van der Waals surface area contributed by atoms with Crippen molar-refractivity contribution in [3.8, 4) is 0 Å². The molecule has 2 heterocycles. The van der Waals surface area contributed by atoms with Crippen molar-refractivity contribution in [3.63, 3.8) is 0 Å². The zero-order valence-corrected chi connectivity index (χ0v) is 8.72. The molecule has 0 radical (unpaired) electrons. The van der Waals surface area contributed by atoms with Gasteiger partial charge in [0.15, 0.2) is 0 Å². The number of fused-ring (bicyclic) bond motifs is 1. The van der Waals surface area contributed by atoms with Gasteiger partial charge in [-0.25, -0.2) is 4.68 Å². The van der Waals surface area contributed by atoms with Crippen molar-refractivity contribution in [2.24, 2.45) is 5.92 Å². The third-order valence-corrected chi connectivity index (χ3v) is 3.04. The van der Waals surface area contributed by atoms with Gasteiger partial charge in [0.05, 0.1) is 31.1 Å². The fourth-order valence-corrected chi connectivity index (χ4v) is 1.89. The summed E-state index contributed by atoms with van der Waals surface area (Å²) in [5.41, 5.74) is 1.08. The number of rotatable bonds is 4. The Morgan fingerprint density at radius 2 is 2.40 bits per heavy atom. The first-order valence-electron chi connectivity index (χ1n) is 5.61. The van der Waals surface area contributed by atoms with Gasteiger partial charge in [0.1, 0.15) is 0 Å². The van der Waals surface area contributed by atoms with E-state index in [0.29, 0.717) is 6.61 Å². The van der Waals surface area contributed by atoms with E-state index in [2.05, 4.69) is 15.6 Å². The van der Waals surface area contributed by atoms with Crippen molar-refractivity contribution >= 4 is 0 Å². The summed E-state index contributed by atoms with van der Waals surface area (Å²) in [6.07, 6.45) is 4.81. The zero-order chi connectivity index (χ0) is 10.1. The van der Waals surface area contributed by atoms with Crippen LogP contribution in [-0.2, 0) is 17.9 Å². The molecular weight excluding hydrogens is 192 g/mol. The summed E-state index contributed by atoms with van der Waals surface area (Å²) in [6.45, 7) is 3.54. The molecule has 3 rings (SSSR count). The maximum Gasteiger partial charge on any atom is 0.0906 e. The van der Waals surface area contributed by atoms with Gasteiger partial charge in [0, 0.05) is 6.54 Å². The van der Waals surface area contributed by atoms with Crippen LogP contribution in [-0.4, -0.2) is 34.2 Å². The summed E-state index contributed by atoms with van der Waals surface area (Å²) in [5.74, 6) is 0.926. The van der Waals surface area contributed by atoms with E-state index in [0.717, 1.165) is 31.2 Å². The molecule has 0 bridgehead atoms. The maximum absolute atomic E-state index is 5.70. The smallest absolute Gasteiger partial charge is 0.0906 e. The summed E-state index contributed by atoms with van der Waals surface area (Å²) in [5, 5.41) is 11.3. The number of hydrogen-bond donors (Lipinski definition) is 1. The van der Waals surface area contributed by atoms with Gasteiger partial charge in [0.2, 0.25) is 0 Å². The molecular formula is C10H16N4O. The minimum Gasteiger partial charge on any atom is -0.369 e. The number of aromatic nitrogens is 3. The van der Waals surface area contributed by atoms with Crippen LogP contribution < -0.4 is 5.32 Å². The Kier molecular flexibility index (Phi) is 2.42. The highest BCUT2D eigenvalue weighted by Crippen LogP contribution is 2.27. The van der Waals surface area contributed by atoms with Crippen molar-refractivity contribution in [1.29, 1.82) is 0 Å². The van der Waals surface area contributed by atoms with Crippen molar-refractivity contribution in [1.82, 2.24) is 20.3 Å². The van der Waals surface area contributed by atoms with Crippen LogP contribution in [0.25, 0.3) is 0 Å². The van der Waals surface area contributed by atoms with Gasteiger partial charge in [-0.3, -0.25) is 0 Å². The third kappa shape index (κ3) is 2.18. The van der Waals surface area contributed by atoms with Crippen LogP contribution in [0.4, 0.5) is 0 Å². The first kappa shape index (κ1) is 9.30. The van der Waals surface area contributed by atoms with Crippen LogP contribution in [0.3, 0.4) is 0 Å². The molecule has 0 unspecified atom stereocenters. The van der Waals surface area contributed by atoms with Crippen molar-refractivity contribution < 1.29 is 4.74 Å². The monoisotopic (exact) mass is 208 g/mol. The summed E-state index contributed by atoms with van der Waals surface area (Å²) >= 11 is 0. The zero-order valence-electron chi connectivity index (χ0n) is 8.72. The van der Waals surface area contributed by atoms with E-state index >= 15 is 0 Å². The van der Waals surface area contributed by atoms with E-state index in [-0.39, 0.29) is 6.10 Å². The first-order chi connectivity index (χ1) is 7.42. The van der Waals surface area contributed by atoms with E-state index < -0.39 is 0 Å². The molecule has 0 aromatic carbocycles. The Morgan fingerprint density at radius 1 is 1.47 bits per heavy atom. The predicted octanol–water partition coefficient (Wildman–Crippen LogP) is 0.176. The second kappa shape index (κ2) is 3.90. The molecule has 0 amide bonds. The molecule has 5 heteroatoms. The molecule has 82 valence electrons. The van der Waals surface area contributed by atoms with Crippen molar-refractivity contribution in [2.45, 2.75) is 32.1 Å². The molecule has 0 saturated heterocycles. The summed E-state index contributed by atoms with van der Waals surface area (Å²) < 4.78 is 7.64. The summed E-state index contributed by atoms with van der Waals surface area (Å²) in [6, 6.07) is 0. The highest BCUT2D eigenvalue weighted by molar-refractivity contribution is 4.94. The minimum atomic E-state index is 0.248. The molecule has 1 fully saturated rings. The molecule has 1 saturated carbocycles. The predicted molar refractivity (Wildman–Crippen MR) is 54.2 cm³/mol. The molecule has 1 atom stereocenters. The van der Waals surface area contributed by atoms with Gasteiger partial charge in [-0.15, -0.1) is 5.10 Å². The lowest BCUT2D eigenvalue weighted by atomic mass is 10.3. The van der Waals surface area contributed by atoms with Crippen LogP contribution in [0.2, 0.25) is 0 Å². The van der Waals surface area contributed by atoms with Crippen LogP contribution in [0.15, 0.2) is 6.20 Å². The molecule has 1 aliphatic heterocycles. The van der Waals surface area contributed by atoms with Crippen molar-refractivity contribution in [2.75, 3.05) is 13.1 Å². The average molecular weight is 208 g/mol. The molecule has 0 spiro atoms. The Morgan fingerprint density at radius 3 is 3.27 bits per heavy atom. The van der Waals surface area contributed by atoms with E-state index in [9.17, 15) is 0 Å². The molecule has 2 aliphatic rings. The lowest BCUT2D eigenvalue weighted by molar-refractivity contribution is 0.00112. The van der Waals surface area contributed by atoms with Crippen LogP contribution in [0.1, 0.15) is 18.5 Å². The lowest BCUT2D eigenvalue weighted by Crippen LogP contribution is -2.37. The van der Waals surface area contributed by atoms with Gasteiger partial charge in [-0.2, -0.15) is 0 Å². The van der Waals surface area contributed by atoms with Gasteiger partial charge in [-0.1, -0.05) is 5.21 Å². The third-order valence-electron chi connectivity index (χ3n) is 3.04. The van der Waals surface area contributed by atoms with E-state index in [1.807, 2.05) is 4.68 Å². The molecule has 1 aromatic rings. The Labute approximate surface area is 88.8 Å². The molecule has 1 aliphatic carbocycles. The fraction of sp³-hybridized carbons (Fsp3) is 0.800. The number of nitrogens with one attached hydrogen (secondary N) is 1. The Hall–Kier alpha value is -0.940. The molecule has 1 N–H and O–H groups in total. The second-order valence-electron chi connectivity index (χ2n) is 4.44. The topological polar surface area (TPSA) is 52.0 Å². The van der Waals surface area contributed by atoms with Gasteiger partial charge in [-0.05, 0) is 25.3 Å². The SMILES string of the molecule is c1nnn2c1CO[C@H](CNCC1CC1)C2. The van der Waals surface area contributed by atoms with Crippen LogP contribution in [0.5, 0.6) is 0 Å². The van der Waals surface area contributed by atoms with E-state index in [1.165, 1.54) is 12.8 Å². The highest BCUT2D eigenvalue weighted by atomic mass is 16.5. The minimum absolute atomic E-state index is 0.248. The quantitative estimate of drug-likeness (QED) is 0.766. The van der Waals surface area contributed by atoms with E-state index in [4.69, 9.17) is 4.74 Å². The summed E-state index contributed by atoms with van der Waals surface area (Å²) in [4.78, 5) is 0. The van der Waals surface area contributed by atoms with Crippen LogP contribution >= 0.6 is 0 Å². The fourth-order valence-electron chi connectivity index (χ4n) is 1.89. The van der Waals surface area contributed by atoms with E-state index in [1.54, 1.807) is 6.20 Å². The molecule has 15 heavy (non-hydrogen) atoms. The average Bonchev–Trinajstić information content (AvgIpc) is 2.95. The van der Waals surface area contributed by atoms with Gasteiger partial charge < -0.3 is 10.1 Å². The second-order valence-corrected chi connectivity index (χ2v) is 4.44. The maximum atomic E-state index is 5.70. The van der Waals surface area contributed by atoms with Crippen molar-refractivity contribution in [3.05, 3.63) is 11.9 Å². The van der Waals surface area contributed by atoms with Gasteiger partial charge >= 0.3 is 0 Å². The number of hydrogen-bond acceptors (Lipinski definition) is 4. The normalized spacial score (nSPS) is 25.2. The number of ether oxygens (including phenoxy) is 1. The standard InChI is InChI=1S/C10H16N4O/c1-2-8(1)3-11-5-10-6-14-9(7-15-10)4-12-13-14/h4,8,10-11H,1-3,5-7H2/t10-/m1/s1. The number of nitrogens with zero attached hydrogens (tertiary/aromatic N) is 3. The molecule has 1 aromatic heterocycles. The van der Waals surface area contributed by atoms with Crippen LogP contribution in [0, 0.1) is 5.92 Å². The lowest BCUT2D eigenvalue weighted by Gasteiger charge is -2.23. The Bertz CT molecular complexity index is 334. The summed E-state index contributed by atoms with van der Waals surface area (Å²) in [7, 11) is 0. The largest absolute Gasteiger partial charge is 0.369 e. The van der Waals surface area contributed by atoms with Gasteiger partial charge in [0.25, 0.3) is 0 Å².